The van der Waals surface area contributed by atoms with Crippen LogP contribution in [-0.4, -0.2) is 25.0 Å². The Bertz CT molecular complexity index is 248. The number of hydrogen-bond donors (Lipinski definition) is 1. The van der Waals surface area contributed by atoms with Crippen molar-refractivity contribution in [3.8, 4) is 0 Å². The molecule has 13 heavy (non-hydrogen) atoms. The highest BCUT2D eigenvalue weighted by atomic mass is 16.5. The maximum atomic E-state index is 11.9. The van der Waals surface area contributed by atoms with Crippen molar-refractivity contribution in [1.82, 2.24) is 5.32 Å². The van der Waals surface area contributed by atoms with Crippen LogP contribution in [0, 0.1) is 0 Å². The Hall–Kier alpha value is -0.830. The lowest BCUT2D eigenvalue weighted by Gasteiger charge is -2.39. The molecule has 0 spiro atoms. The van der Waals surface area contributed by atoms with Crippen molar-refractivity contribution in [1.29, 1.82) is 0 Å². The first-order chi connectivity index (χ1) is 6.28. The number of Topliss-reactive ketones (excluding diaryl/α,β-unsaturated/α-hetero) is 1. The highest BCUT2D eigenvalue weighted by molar-refractivity contribution is 6.02. The maximum Gasteiger partial charge on any atom is 0.216 e. The summed E-state index contributed by atoms with van der Waals surface area (Å²) < 4.78 is 5.27. The number of ether oxygens (including phenoxy) is 1. The van der Waals surface area contributed by atoms with Crippen molar-refractivity contribution in [2.75, 3.05) is 13.7 Å². The standard InChI is InChI=1S/C10H15NO2/c1-11-10(5-3-6-10)9(12)8-4-2-7-13-8/h4,11H,2-3,5-7H2,1H3. The molecule has 2 rings (SSSR count). The third-order valence-corrected chi connectivity index (χ3v) is 3.05. The van der Waals surface area contributed by atoms with Crippen LogP contribution in [0.25, 0.3) is 0 Å². The normalized spacial score (nSPS) is 24.5. The topological polar surface area (TPSA) is 38.3 Å². The van der Waals surface area contributed by atoms with Gasteiger partial charge in [0, 0.05) is 6.42 Å². The molecule has 0 aromatic heterocycles. The molecule has 2 aliphatic rings. The zero-order valence-electron chi connectivity index (χ0n) is 7.93. The fourth-order valence-corrected chi connectivity index (χ4v) is 1.93. The lowest BCUT2D eigenvalue weighted by molar-refractivity contribution is -0.127. The van der Waals surface area contributed by atoms with E-state index < -0.39 is 0 Å². The van der Waals surface area contributed by atoms with E-state index in [1.807, 2.05) is 13.1 Å². The largest absolute Gasteiger partial charge is 0.490 e. The second-order valence-corrected chi connectivity index (χ2v) is 3.72. The summed E-state index contributed by atoms with van der Waals surface area (Å²) in [6.07, 6.45) is 5.81. The first kappa shape index (κ1) is 8.75. The van der Waals surface area contributed by atoms with E-state index in [1.54, 1.807) is 0 Å². The van der Waals surface area contributed by atoms with Gasteiger partial charge in [0.05, 0.1) is 12.1 Å². The number of carbonyl (C=O) groups is 1. The number of carbonyl (C=O) groups excluding carboxylic acids is 1. The van der Waals surface area contributed by atoms with E-state index in [0.29, 0.717) is 12.4 Å². The minimum atomic E-state index is -0.295. The average molecular weight is 181 g/mol. The van der Waals surface area contributed by atoms with E-state index in [0.717, 1.165) is 25.7 Å². The van der Waals surface area contributed by atoms with E-state index >= 15 is 0 Å². The smallest absolute Gasteiger partial charge is 0.216 e. The van der Waals surface area contributed by atoms with Crippen molar-refractivity contribution in [3.05, 3.63) is 11.8 Å². The van der Waals surface area contributed by atoms with Crippen LogP contribution in [0.15, 0.2) is 11.8 Å². The third-order valence-electron chi connectivity index (χ3n) is 3.05. The summed E-state index contributed by atoms with van der Waals surface area (Å²) in [6.45, 7) is 0.668. The van der Waals surface area contributed by atoms with E-state index in [1.165, 1.54) is 0 Å². The molecule has 0 amide bonds. The molecule has 1 N–H and O–H groups in total. The van der Waals surface area contributed by atoms with Crippen LogP contribution in [0.2, 0.25) is 0 Å². The van der Waals surface area contributed by atoms with Gasteiger partial charge in [-0.1, -0.05) is 0 Å². The Morgan fingerprint density at radius 3 is 2.77 bits per heavy atom. The number of hydrogen-bond acceptors (Lipinski definition) is 3. The van der Waals surface area contributed by atoms with Gasteiger partial charge in [0.1, 0.15) is 0 Å². The molecule has 0 saturated heterocycles. The van der Waals surface area contributed by atoms with Gasteiger partial charge in [0.15, 0.2) is 5.76 Å². The third kappa shape index (κ3) is 1.27. The summed E-state index contributed by atoms with van der Waals surface area (Å²) in [5.41, 5.74) is -0.295. The lowest BCUT2D eigenvalue weighted by atomic mass is 9.73. The van der Waals surface area contributed by atoms with Crippen molar-refractivity contribution >= 4 is 5.78 Å². The number of rotatable bonds is 3. The Balaban J connectivity index is 2.10. The Morgan fingerprint density at radius 2 is 2.38 bits per heavy atom. The van der Waals surface area contributed by atoms with Crippen molar-refractivity contribution in [2.45, 2.75) is 31.2 Å². The molecule has 1 saturated carbocycles. The van der Waals surface area contributed by atoms with Gasteiger partial charge in [-0.3, -0.25) is 4.79 Å². The zero-order valence-corrected chi connectivity index (χ0v) is 7.93. The van der Waals surface area contributed by atoms with Crippen LogP contribution in [0.4, 0.5) is 0 Å². The van der Waals surface area contributed by atoms with Gasteiger partial charge in [-0.05, 0) is 32.4 Å². The first-order valence-corrected chi connectivity index (χ1v) is 4.85. The molecule has 0 atom stereocenters. The molecule has 0 unspecified atom stereocenters. The van der Waals surface area contributed by atoms with Crippen molar-refractivity contribution in [3.63, 3.8) is 0 Å². The zero-order chi connectivity index (χ0) is 9.31. The van der Waals surface area contributed by atoms with Crippen molar-refractivity contribution in [2.24, 2.45) is 0 Å². The fraction of sp³-hybridized carbons (Fsp3) is 0.700. The van der Waals surface area contributed by atoms with E-state index in [9.17, 15) is 4.79 Å². The minimum absolute atomic E-state index is 0.152. The molecule has 0 aromatic rings. The Kier molecular flexibility index (Phi) is 2.12. The molecular formula is C10H15NO2. The molecule has 0 bridgehead atoms. The minimum Gasteiger partial charge on any atom is -0.490 e. The average Bonchev–Trinajstić information content (AvgIpc) is 2.54. The molecule has 72 valence electrons. The number of ketones is 1. The highest BCUT2D eigenvalue weighted by Gasteiger charge is 2.44. The highest BCUT2D eigenvalue weighted by Crippen LogP contribution is 2.35. The van der Waals surface area contributed by atoms with Crippen LogP contribution in [0.5, 0.6) is 0 Å². The van der Waals surface area contributed by atoms with E-state index in [4.69, 9.17) is 4.74 Å². The van der Waals surface area contributed by atoms with Gasteiger partial charge in [0.25, 0.3) is 0 Å². The molecule has 0 radical (unpaired) electrons. The van der Waals surface area contributed by atoms with Crippen LogP contribution in [0.3, 0.4) is 0 Å². The summed E-state index contributed by atoms with van der Waals surface area (Å²) in [5, 5.41) is 3.12. The number of nitrogens with one attached hydrogen (secondary N) is 1. The summed E-state index contributed by atoms with van der Waals surface area (Å²) in [4.78, 5) is 11.9. The first-order valence-electron chi connectivity index (χ1n) is 4.85. The lowest BCUT2D eigenvalue weighted by Crippen LogP contribution is -2.56. The quantitative estimate of drug-likeness (QED) is 0.706. The van der Waals surface area contributed by atoms with Crippen LogP contribution in [-0.2, 0) is 9.53 Å². The molecule has 1 heterocycles. The van der Waals surface area contributed by atoms with Crippen molar-refractivity contribution < 1.29 is 9.53 Å². The SMILES string of the molecule is CNC1(C(=O)C2=CCCO2)CCC1. The Morgan fingerprint density at radius 1 is 1.62 bits per heavy atom. The second kappa shape index (κ2) is 3.14. The summed E-state index contributed by atoms with van der Waals surface area (Å²) in [5.74, 6) is 0.729. The predicted molar refractivity (Wildman–Crippen MR) is 49.3 cm³/mol. The molecule has 1 fully saturated rings. The maximum absolute atomic E-state index is 11.9. The molecule has 1 aliphatic heterocycles. The van der Waals surface area contributed by atoms with Gasteiger partial charge in [-0.2, -0.15) is 0 Å². The van der Waals surface area contributed by atoms with Gasteiger partial charge in [-0.25, -0.2) is 0 Å². The van der Waals surface area contributed by atoms with Gasteiger partial charge in [-0.15, -0.1) is 0 Å². The van der Waals surface area contributed by atoms with Gasteiger partial charge < -0.3 is 10.1 Å². The molecule has 1 aliphatic carbocycles. The molecule has 3 heteroatoms. The summed E-state index contributed by atoms with van der Waals surface area (Å²) in [6, 6.07) is 0. The van der Waals surface area contributed by atoms with Crippen LogP contribution in [0.1, 0.15) is 25.7 Å². The fourth-order valence-electron chi connectivity index (χ4n) is 1.93. The van der Waals surface area contributed by atoms with Crippen LogP contribution < -0.4 is 5.32 Å². The number of likely N-dealkylation sites (N-methyl/N-ethyl adjacent to an activating group) is 1. The molecular weight excluding hydrogens is 166 g/mol. The van der Waals surface area contributed by atoms with Gasteiger partial charge in [0.2, 0.25) is 5.78 Å². The summed E-state index contributed by atoms with van der Waals surface area (Å²) in [7, 11) is 1.85. The van der Waals surface area contributed by atoms with Crippen LogP contribution >= 0.6 is 0 Å². The monoisotopic (exact) mass is 181 g/mol. The van der Waals surface area contributed by atoms with Gasteiger partial charge >= 0.3 is 0 Å². The Labute approximate surface area is 78.1 Å². The second-order valence-electron chi connectivity index (χ2n) is 3.72. The molecule has 3 nitrogen and oxygen atoms in total. The van der Waals surface area contributed by atoms with E-state index in [2.05, 4.69) is 5.32 Å². The summed E-state index contributed by atoms with van der Waals surface area (Å²) >= 11 is 0. The van der Waals surface area contributed by atoms with E-state index in [-0.39, 0.29) is 11.3 Å². The molecule has 0 aromatic carbocycles. The predicted octanol–water partition coefficient (Wildman–Crippen LogP) is 1.00.